The monoisotopic (exact) mass is 425 g/mol. The van der Waals surface area contributed by atoms with Crippen LogP contribution < -0.4 is 10.6 Å². The van der Waals surface area contributed by atoms with E-state index in [0.29, 0.717) is 30.2 Å². The zero-order chi connectivity index (χ0) is 22.4. The Bertz CT molecular complexity index is 1020. The van der Waals surface area contributed by atoms with E-state index in [0.717, 1.165) is 23.3 Å². The maximum atomic E-state index is 12.9. The molecule has 2 aromatic rings. The predicted octanol–water partition coefficient (Wildman–Crippen LogP) is 3.23. The number of aromatic nitrogens is 2. The number of imide groups is 1. The second-order valence-corrected chi connectivity index (χ2v) is 9.31. The molecule has 31 heavy (non-hydrogen) atoms. The summed E-state index contributed by atoms with van der Waals surface area (Å²) in [5.41, 5.74) is 0.223. The van der Waals surface area contributed by atoms with E-state index in [4.69, 9.17) is 4.52 Å². The van der Waals surface area contributed by atoms with Crippen molar-refractivity contribution in [1.82, 2.24) is 20.4 Å². The van der Waals surface area contributed by atoms with E-state index in [2.05, 4.69) is 20.8 Å². The fraction of sp³-hybridized carbons (Fsp3) is 0.500. The van der Waals surface area contributed by atoms with Gasteiger partial charge >= 0.3 is 6.03 Å². The van der Waals surface area contributed by atoms with Gasteiger partial charge in [-0.2, -0.15) is 4.98 Å². The lowest BCUT2D eigenvalue weighted by Crippen LogP contribution is -2.48. The third-order valence-corrected chi connectivity index (χ3v) is 5.90. The maximum absolute atomic E-state index is 12.9. The summed E-state index contributed by atoms with van der Waals surface area (Å²) in [6.07, 6.45) is 3.03. The van der Waals surface area contributed by atoms with Gasteiger partial charge in [-0.15, -0.1) is 0 Å². The molecule has 1 aromatic heterocycles. The zero-order valence-electron chi connectivity index (χ0n) is 18.2. The van der Waals surface area contributed by atoms with E-state index in [-0.39, 0.29) is 11.3 Å². The molecule has 9 nitrogen and oxygen atoms in total. The lowest BCUT2D eigenvalue weighted by molar-refractivity contribution is -0.136. The molecule has 1 atom stereocenters. The van der Waals surface area contributed by atoms with Crippen molar-refractivity contribution < 1.29 is 18.9 Å². The van der Waals surface area contributed by atoms with Crippen molar-refractivity contribution in [2.24, 2.45) is 0 Å². The molecule has 2 fully saturated rings. The average Bonchev–Trinajstić information content (AvgIpc) is 3.43. The van der Waals surface area contributed by atoms with Gasteiger partial charge in [-0.05, 0) is 44.0 Å². The molecule has 1 spiro atoms. The molecule has 2 N–H and O–H groups in total. The van der Waals surface area contributed by atoms with Crippen LogP contribution in [0, 0.1) is 0 Å². The minimum absolute atomic E-state index is 0.244. The number of urea groups is 1. The van der Waals surface area contributed by atoms with Crippen molar-refractivity contribution in [2.45, 2.75) is 70.4 Å². The molecule has 164 valence electrons. The van der Waals surface area contributed by atoms with Gasteiger partial charge in [0.25, 0.3) is 5.91 Å². The number of nitrogens with one attached hydrogen (secondary N) is 2. The summed E-state index contributed by atoms with van der Waals surface area (Å²) in [6.45, 7) is 7.53. The summed E-state index contributed by atoms with van der Waals surface area (Å²) in [7, 11) is 0. The topological polar surface area (TPSA) is 117 Å². The van der Waals surface area contributed by atoms with Crippen molar-refractivity contribution in [1.29, 1.82) is 0 Å². The second kappa shape index (κ2) is 7.47. The molecule has 4 amide bonds. The van der Waals surface area contributed by atoms with Crippen LogP contribution in [-0.4, -0.2) is 44.5 Å². The van der Waals surface area contributed by atoms with Crippen molar-refractivity contribution >= 4 is 23.5 Å². The Morgan fingerprint density at radius 3 is 2.42 bits per heavy atom. The molecule has 1 aromatic carbocycles. The third-order valence-electron chi connectivity index (χ3n) is 5.90. The van der Waals surface area contributed by atoms with Crippen LogP contribution in [0.2, 0.25) is 0 Å². The van der Waals surface area contributed by atoms with E-state index < -0.39 is 23.5 Å². The Morgan fingerprint density at radius 1 is 1.19 bits per heavy atom. The minimum Gasteiger partial charge on any atom is -0.338 e. The highest BCUT2D eigenvalue weighted by Gasteiger charge is 2.54. The number of carbonyl (C=O) groups is 3. The lowest BCUT2D eigenvalue weighted by atomic mass is 9.97. The molecule has 1 saturated carbocycles. The molecule has 2 heterocycles. The molecular formula is C22H27N5O4. The number of hydrogen-bond acceptors (Lipinski definition) is 6. The van der Waals surface area contributed by atoms with Crippen LogP contribution >= 0.6 is 0 Å². The number of hydrogen-bond donors (Lipinski definition) is 2. The van der Waals surface area contributed by atoms with E-state index in [1.165, 1.54) is 0 Å². The Kier molecular flexibility index (Phi) is 5.07. The number of rotatable bonds is 4. The zero-order valence-corrected chi connectivity index (χ0v) is 18.2. The number of nitrogens with zero attached hydrogens (tertiary/aromatic N) is 3. The van der Waals surface area contributed by atoms with Crippen LogP contribution in [0.3, 0.4) is 0 Å². The normalized spacial score (nSPS) is 19.0. The predicted molar refractivity (Wildman–Crippen MR) is 113 cm³/mol. The van der Waals surface area contributed by atoms with Gasteiger partial charge in [-0.3, -0.25) is 9.59 Å². The number of anilines is 1. The molecule has 1 aliphatic heterocycles. The van der Waals surface area contributed by atoms with Gasteiger partial charge < -0.3 is 15.2 Å². The van der Waals surface area contributed by atoms with Gasteiger partial charge in [-0.1, -0.05) is 38.8 Å². The Labute approximate surface area is 180 Å². The SMILES string of the molecule is CC(C(=O)Nc1ccc(-c2noc(C(C)(C)C)n2)cc1)N1C(=O)NC2(CCCC2)C1=O. The first-order chi connectivity index (χ1) is 14.6. The van der Waals surface area contributed by atoms with Gasteiger partial charge in [0, 0.05) is 16.7 Å². The standard InChI is InChI=1S/C22H27N5O4/c1-13(27-19(29)22(25-20(27)30)11-5-6-12-22)17(28)23-15-9-7-14(8-10-15)16-24-18(31-26-16)21(2,3)4/h7-10,13H,5-6,11-12H2,1-4H3,(H,23,28)(H,25,30). The quantitative estimate of drug-likeness (QED) is 0.726. The van der Waals surface area contributed by atoms with Crippen molar-refractivity contribution in [3.63, 3.8) is 0 Å². The number of carbonyl (C=O) groups excluding carboxylic acids is 3. The van der Waals surface area contributed by atoms with Gasteiger partial charge in [0.05, 0.1) is 0 Å². The van der Waals surface area contributed by atoms with Crippen LogP contribution in [0.25, 0.3) is 11.4 Å². The molecular weight excluding hydrogens is 398 g/mol. The van der Waals surface area contributed by atoms with E-state index in [9.17, 15) is 14.4 Å². The van der Waals surface area contributed by atoms with E-state index in [1.54, 1.807) is 31.2 Å². The van der Waals surface area contributed by atoms with Crippen LogP contribution in [0.4, 0.5) is 10.5 Å². The molecule has 0 bridgehead atoms. The minimum atomic E-state index is -0.918. The smallest absolute Gasteiger partial charge is 0.325 e. The summed E-state index contributed by atoms with van der Waals surface area (Å²) in [5.74, 6) is 0.278. The molecule has 9 heteroatoms. The molecule has 0 radical (unpaired) electrons. The van der Waals surface area contributed by atoms with Crippen LogP contribution in [0.1, 0.15) is 59.3 Å². The molecule has 4 rings (SSSR count). The van der Waals surface area contributed by atoms with E-state index >= 15 is 0 Å². The summed E-state index contributed by atoms with van der Waals surface area (Å²) in [6, 6.07) is 5.57. The fourth-order valence-corrected chi connectivity index (χ4v) is 4.02. The van der Waals surface area contributed by atoms with Crippen molar-refractivity contribution in [3.05, 3.63) is 30.2 Å². The third kappa shape index (κ3) is 3.80. The van der Waals surface area contributed by atoms with Crippen molar-refractivity contribution in [2.75, 3.05) is 5.32 Å². The van der Waals surface area contributed by atoms with Gasteiger partial charge in [-0.25, -0.2) is 9.69 Å². The van der Waals surface area contributed by atoms with E-state index in [1.807, 2.05) is 20.8 Å². The Balaban J connectivity index is 1.43. The number of benzene rings is 1. The second-order valence-electron chi connectivity index (χ2n) is 9.31. The first-order valence-electron chi connectivity index (χ1n) is 10.5. The number of amides is 4. The molecule has 2 aliphatic rings. The van der Waals surface area contributed by atoms with Crippen LogP contribution in [0.5, 0.6) is 0 Å². The highest BCUT2D eigenvalue weighted by molar-refractivity contribution is 6.11. The van der Waals surface area contributed by atoms with Crippen LogP contribution in [0.15, 0.2) is 28.8 Å². The van der Waals surface area contributed by atoms with Crippen molar-refractivity contribution in [3.8, 4) is 11.4 Å². The van der Waals surface area contributed by atoms with Gasteiger partial charge in [0.2, 0.25) is 17.6 Å². The first kappa shape index (κ1) is 21.0. The van der Waals surface area contributed by atoms with Crippen LogP contribution in [-0.2, 0) is 15.0 Å². The summed E-state index contributed by atoms with van der Waals surface area (Å²) in [4.78, 5) is 43.5. The maximum Gasteiger partial charge on any atom is 0.325 e. The largest absolute Gasteiger partial charge is 0.338 e. The highest BCUT2D eigenvalue weighted by Crippen LogP contribution is 2.36. The lowest BCUT2D eigenvalue weighted by Gasteiger charge is -2.23. The summed E-state index contributed by atoms with van der Waals surface area (Å²) >= 11 is 0. The molecule has 1 unspecified atom stereocenters. The van der Waals surface area contributed by atoms with Gasteiger partial charge in [0.15, 0.2) is 0 Å². The molecule has 1 saturated heterocycles. The highest BCUT2D eigenvalue weighted by atomic mass is 16.5. The Hall–Kier alpha value is -3.23. The fourth-order valence-electron chi connectivity index (χ4n) is 4.02. The first-order valence-corrected chi connectivity index (χ1v) is 10.5. The summed E-state index contributed by atoms with van der Waals surface area (Å²) < 4.78 is 5.32. The molecule has 1 aliphatic carbocycles. The van der Waals surface area contributed by atoms with Gasteiger partial charge in [0.1, 0.15) is 11.6 Å². The summed E-state index contributed by atoms with van der Waals surface area (Å²) in [5, 5.41) is 9.58. The average molecular weight is 425 g/mol. The Morgan fingerprint density at radius 2 is 1.84 bits per heavy atom.